The standard InChI is InChI=1S/C10H16N2O3/c1-10(2,3)15-9(14)8(13)7-12-6-4-5-11-12/h4-6,8,13H,7H2,1-3H3. The van der Waals surface area contributed by atoms with Crippen LogP contribution in [0.3, 0.4) is 0 Å². The summed E-state index contributed by atoms with van der Waals surface area (Å²) in [5.74, 6) is -0.627. The second-order valence-electron chi connectivity index (χ2n) is 4.28. The molecular formula is C10H16N2O3. The molecule has 0 amide bonds. The molecule has 1 aromatic heterocycles. The number of hydrogen-bond donors (Lipinski definition) is 1. The van der Waals surface area contributed by atoms with Gasteiger partial charge in [-0.1, -0.05) is 0 Å². The highest BCUT2D eigenvalue weighted by atomic mass is 16.6. The average molecular weight is 212 g/mol. The van der Waals surface area contributed by atoms with Gasteiger partial charge in [0.05, 0.1) is 6.54 Å². The van der Waals surface area contributed by atoms with Crippen molar-refractivity contribution in [3.8, 4) is 0 Å². The molecule has 5 heteroatoms. The second-order valence-corrected chi connectivity index (χ2v) is 4.28. The summed E-state index contributed by atoms with van der Waals surface area (Å²) in [7, 11) is 0. The zero-order valence-corrected chi connectivity index (χ0v) is 9.17. The summed E-state index contributed by atoms with van der Waals surface area (Å²) in [5, 5.41) is 13.4. The van der Waals surface area contributed by atoms with E-state index in [4.69, 9.17) is 4.74 Å². The van der Waals surface area contributed by atoms with Gasteiger partial charge >= 0.3 is 5.97 Å². The zero-order chi connectivity index (χ0) is 11.5. The summed E-state index contributed by atoms with van der Waals surface area (Å²) in [6.07, 6.45) is 2.08. The number of aliphatic hydroxyl groups is 1. The molecule has 15 heavy (non-hydrogen) atoms. The lowest BCUT2D eigenvalue weighted by Crippen LogP contribution is -2.34. The number of hydrogen-bond acceptors (Lipinski definition) is 4. The number of carbonyl (C=O) groups is 1. The van der Waals surface area contributed by atoms with Crippen molar-refractivity contribution in [2.75, 3.05) is 0 Å². The first kappa shape index (κ1) is 11.7. The molecule has 0 bridgehead atoms. The molecule has 1 heterocycles. The predicted molar refractivity (Wildman–Crippen MR) is 54.1 cm³/mol. The van der Waals surface area contributed by atoms with E-state index in [9.17, 15) is 9.90 Å². The molecule has 0 saturated carbocycles. The minimum atomic E-state index is -1.18. The fourth-order valence-corrected chi connectivity index (χ4v) is 1.03. The van der Waals surface area contributed by atoms with Gasteiger partial charge in [0.15, 0.2) is 6.10 Å². The van der Waals surface area contributed by atoms with Gasteiger partial charge in [-0.25, -0.2) is 4.79 Å². The third-order valence-corrected chi connectivity index (χ3v) is 1.60. The van der Waals surface area contributed by atoms with Gasteiger partial charge in [-0.15, -0.1) is 0 Å². The Bertz CT molecular complexity index is 314. The van der Waals surface area contributed by atoms with Gasteiger partial charge in [0.2, 0.25) is 0 Å². The lowest BCUT2D eigenvalue weighted by atomic mass is 10.2. The van der Waals surface area contributed by atoms with E-state index in [1.807, 2.05) is 0 Å². The van der Waals surface area contributed by atoms with Crippen molar-refractivity contribution in [1.29, 1.82) is 0 Å². The number of nitrogens with zero attached hydrogens (tertiary/aromatic N) is 2. The van der Waals surface area contributed by atoms with E-state index in [-0.39, 0.29) is 6.54 Å². The van der Waals surface area contributed by atoms with E-state index in [1.165, 1.54) is 4.68 Å². The van der Waals surface area contributed by atoms with Crippen molar-refractivity contribution >= 4 is 5.97 Å². The zero-order valence-electron chi connectivity index (χ0n) is 9.17. The number of carbonyl (C=O) groups excluding carboxylic acids is 1. The highest BCUT2D eigenvalue weighted by Crippen LogP contribution is 2.08. The maximum absolute atomic E-state index is 11.4. The largest absolute Gasteiger partial charge is 0.458 e. The molecule has 5 nitrogen and oxygen atoms in total. The molecule has 84 valence electrons. The van der Waals surface area contributed by atoms with Crippen molar-refractivity contribution < 1.29 is 14.6 Å². The minimum Gasteiger partial charge on any atom is -0.458 e. The Morgan fingerprint density at radius 1 is 1.60 bits per heavy atom. The fourth-order valence-electron chi connectivity index (χ4n) is 1.03. The molecule has 0 radical (unpaired) electrons. The maximum Gasteiger partial charge on any atom is 0.337 e. The Labute approximate surface area is 88.7 Å². The van der Waals surface area contributed by atoms with Crippen LogP contribution >= 0.6 is 0 Å². The third-order valence-electron chi connectivity index (χ3n) is 1.60. The van der Waals surface area contributed by atoms with Crippen molar-refractivity contribution in [3.63, 3.8) is 0 Å². The van der Waals surface area contributed by atoms with E-state index in [0.29, 0.717) is 0 Å². The monoisotopic (exact) mass is 212 g/mol. The molecule has 0 spiro atoms. The SMILES string of the molecule is CC(C)(C)OC(=O)C(O)Cn1cccn1. The number of aromatic nitrogens is 2. The molecule has 1 aromatic rings. The van der Waals surface area contributed by atoms with E-state index >= 15 is 0 Å². The molecule has 1 atom stereocenters. The number of rotatable bonds is 3. The van der Waals surface area contributed by atoms with Gasteiger partial charge in [0.25, 0.3) is 0 Å². The van der Waals surface area contributed by atoms with Gasteiger partial charge in [0.1, 0.15) is 5.60 Å². The Hall–Kier alpha value is -1.36. The topological polar surface area (TPSA) is 64.3 Å². The van der Waals surface area contributed by atoms with E-state index in [2.05, 4.69) is 5.10 Å². The van der Waals surface area contributed by atoms with Crippen LogP contribution < -0.4 is 0 Å². The van der Waals surface area contributed by atoms with E-state index < -0.39 is 17.7 Å². The van der Waals surface area contributed by atoms with Gasteiger partial charge in [0, 0.05) is 12.4 Å². The fraction of sp³-hybridized carbons (Fsp3) is 0.600. The third kappa shape index (κ3) is 4.12. The lowest BCUT2D eigenvalue weighted by Gasteiger charge is -2.21. The van der Waals surface area contributed by atoms with Crippen molar-refractivity contribution in [3.05, 3.63) is 18.5 Å². The predicted octanol–water partition coefficient (Wildman–Crippen LogP) is 0.586. The average Bonchev–Trinajstić information content (AvgIpc) is 2.53. The molecule has 0 aromatic carbocycles. The molecule has 0 aliphatic rings. The van der Waals surface area contributed by atoms with Crippen LogP contribution in [0.25, 0.3) is 0 Å². The summed E-state index contributed by atoms with van der Waals surface area (Å²) < 4.78 is 6.50. The first-order valence-electron chi connectivity index (χ1n) is 4.77. The second kappa shape index (κ2) is 4.44. The number of aliphatic hydroxyl groups excluding tert-OH is 1. The van der Waals surface area contributed by atoms with Gasteiger partial charge in [-0.3, -0.25) is 4.68 Å². The summed E-state index contributed by atoms with van der Waals surface area (Å²) >= 11 is 0. The Morgan fingerprint density at radius 2 is 2.27 bits per heavy atom. The smallest absolute Gasteiger partial charge is 0.337 e. The van der Waals surface area contributed by atoms with Gasteiger partial charge in [-0.05, 0) is 26.8 Å². The normalized spacial score (nSPS) is 13.6. The highest BCUT2D eigenvalue weighted by Gasteiger charge is 2.23. The number of ether oxygens (including phenoxy) is 1. The maximum atomic E-state index is 11.4. The lowest BCUT2D eigenvalue weighted by molar-refractivity contribution is -0.165. The van der Waals surface area contributed by atoms with Gasteiger partial charge < -0.3 is 9.84 Å². The van der Waals surface area contributed by atoms with Crippen LogP contribution in [-0.4, -0.2) is 32.6 Å². The van der Waals surface area contributed by atoms with Crippen LogP contribution in [0.5, 0.6) is 0 Å². The highest BCUT2D eigenvalue weighted by molar-refractivity contribution is 5.74. The molecule has 0 fully saturated rings. The quantitative estimate of drug-likeness (QED) is 0.745. The molecule has 1 N–H and O–H groups in total. The molecule has 0 aliphatic carbocycles. The first-order chi connectivity index (χ1) is 6.88. The summed E-state index contributed by atoms with van der Waals surface area (Å²) in [5.41, 5.74) is -0.581. The minimum absolute atomic E-state index is 0.113. The molecule has 0 aliphatic heterocycles. The van der Waals surface area contributed by atoms with Crippen LogP contribution in [0.4, 0.5) is 0 Å². The Kier molecular flexibility index (Phi) is 3.47. The Morgan fingerprint density at radius 3 is 2.73 bits per heavy atom. The summed E-state index contributed by atoms with van der Waals surface area (Å²) in [6, 6.07) is 1.72. The Balaban J connectivity index is 2.47. The molecule has 0 saturated heterocycles. The first-order valence-corrected chi connectivity index (χ1v) is 4.77. The van der Waals surface area contributed by atoms with E-state index in [0.717, 1.165) is 0 Å². The van der Waals surface area contributed by atoms with Crippen molar-refractivity contribution in [1.82, 2.24) is 9.78 Å². The summed E-state index contributed by atoms with van der Waals surface area (Å²) in [6.45, 7) is 5.38. The van der Waals surface area contributed by atoms with Crippen LogP contribution in [-0.2, 0) is 16.1 Å². The van der Waals surface area contributed by atoms with Crippen LogP contribution in [0.2, 0.25) is 0 Å². The molecule has 1 rings (SSSR count). The van der Waals surface area contributed by atoms with Crippen molar-refractivity contribution in [2.45, 2.75) is 39.0 Å². The van der Waals surface area contributed by atoms with Crippen LogP contribution in [0.15, 0.2) is 18.5 Å². The van der Waals surface area contributed by atoms with Crippen molar-refractivity contribution in [2.24, 2.45) is 0 Å². The van der Waals surface area contributed by atoms with Crippen LogP contribution in [0.1, 0.15) is 20.8 Å². The molecule has 1 unspecified atom stereocenters. The molecular weight excluding hydrogens is 196 g/mol. The van der Waals surface area contributed by atoms with E-state index in [1.54, 1.807) is 39.2 Å². The summed E-state index contributed by atoms with van der Waals surface area (Å²) in [4.78, 5) is 11.4. The van der Waals surface area contributed by atoms with Gasteiger partial charge in [-0.2, -0.15) is 5.10 Å². The number of esters is 1. The van der Waals surface area contributed by atoms with Crippen LogP contribution in [0, 0.1) is 0 Å².